The first-order valence-electron chi connectivity index (χ1n) is 8.31. The van der Waals surface area contributed by atoms with Crippen molar-refractivity contribution in [3.63, 3.8) is 0 Å². The number of halogens is 2. The molecule has 1 heterocycles. The lowest BCUT2D eigenvalue weighted by atomic mass is 10.2. The lowest BCUT2D eigenvalue weighted by Crippen LogP contribution is -2.20. The molecule has 1 amide bonds. The lowest BCUT2D eigenvalue weighted by molar-refractivity contribution is -0.385. The van der Waals surface area contributed by atoms with Gasteiger partial charge in [0.1, 0.15) is 5.56 Å². The number of hydrogen-bond donors (Lipinski definition) is 0. The zero-order valence-corrected chi connectivity index (χ0v) is 17.1. The number of fused-ring (bicyclic) bond motifs is 1. The first kappa shape index (κ1) is 20.5. The maximum absolute atomic E-state index is 12.7. The zero-order valence-electron chi connectivity index (χ0n) is 14.7. The molecule has 0 aliphatic carbocycles. The van der Waals surface area contributed by atoms with Crippen LogP contribution in [-0.2, 0) is 11.3 Å². The van der Waals surface area contributed by atoms with Gasteiger partial charge in [0.15, 0.2) is 4.80 Å². The summed E-state index contributed by atoms with van der Waals surface area (Å²) in [7, 11) is 0. The Kier molecular flexibility index (Phi) is 6.46. The van der Waals surface area contributed by atoms with Crippen molar-refractivity contribution in [1.82, 2.24) is 4.57 Å². The molecule has 0 radical (unpaired) electrons. The van der Waals surface area contributed by atoms with Gasteiger partial charge in [-0.3, -0.25) is 14.9 Å². The summed E-state index contributed by atoms with van der Waals surface area (Å²) in [5.41, 5.74) is 0.219. The van der Waals surface area contributed by atoms with Crippen LogP contribution in [0.5, 0.6) is 0 Å². The minimum absolute atomic E-state index is 0.169. The number of rotatable bonds is 6. The number of thiazole rings is 1. The number of para-hydroxylation sites is 1. The van der Waals surface area contributed by atoms with Gasteiger partial charge in [-0.2, -0.15) is 4.99 Å². The van der Waals surface area contributed by atoms with Crippen molar-refractivity contribution in [2.24, 2.45) is 4.99 Å². The minimum atomic E-state index is -0.748. The second-order valence-corrected chi connectivity index (χ2v) is 7.51. The Morgan fingerprint density at radius 3 is 2.82 bits per heavy atom. The highest BCUT2D eigenvalue weighted by molar-refractivity contribution is 7.16. The number of hydrogen-bond acceptors (Lipinski definition) is 5. The van der Waals surface area contributed by atoms with Crippen LogP contribution in [0.2, 0.25) is 10.0 Å². The molecule has 0 aliphatic heterocycles. The highest BCUT2D eigenvalue weighted by Crippen LogP contribution is 2.26. The van der Waals surface area contributed by atoms with Crippen molar-refractivity contribution in [1.29, 1.82) is 0 Å². The van der Waals surface area contributed by atoms with Gasteiger partial charge in [-0.25, -0.2) is 0 Å². The molecule has 0 saturated heterocycles. The van der Waals surface area contributed by atoms with Gasteiger partial charge in [-0.05, 0) is 31.2 Å². The number of aromatic nitrogens is 1. The van der Waals surface area contributed by atoms with Gasteiger partial charge in [-0.15, -0.1) is 0 Å². The van der Waals surface area contributed by atoms with Crippen LogP contribution >= 0.6 is 34.5 Å². The van der Waals surface area contributed by atoms with E-state index in [9.17, 15) is 14.9 Å². The summed E-state index contributed by atoms with van der Waals surface area (Å²) in [6, 6.07) is 9.22. The van der Waals surface area contributed by atoms with Crippen molar-refractivity contribution in [3.8, 4) is 0 Å². The molecule has 7 nitrogen and oxygen atoms in total. The monoisotopic (exact) mass is 439 g/mol. The molecular weight excluding hydrogens is 425 g/mol. The molecule has 1 aromatic heterocycles. The van der Waals surface area contributed by atoms with E-state index in [0.717, 1.165) is 10.2 Å². The van der Waals surface area contributed by atoms with E-state index in [1.165, 1.54) is 29.5 Å². The van der Waals surface area contributed by atoms with E-state index in [-0.39, 0.29) is 16.3 Å². The summed E-state index contributed by atoms with van der Waals surface area (Å²) in [5, 5.41) is 12.0. The fourth-order valence-electron chi connectivity index (χ4n) is 2.67. The van der Waals surface area contributed by atoms with Gasteiger partial charge in [0.2, 0.25) is 0 Å². The van der Waals surface area contributed by atoms with E-state index < -0.39 is 10.8 Å². The summed E-state index contributed by atoms with van der Waals surface area (Å²) in [6.45, 7) is 3.28. The van der Waals surface area contributed by atoms with Gasteiger partial charge < -0.3 is 9.30 Å². The highest BCUT2D eigenvalue weighted by Gasteiger charge is 2.21. The summed E-state index contributed by atoms with van der Waals surface area (Å²) in [6.07, 6.45) is 0. The number of nitrogens with zero attached hydrogens (tertiary/aromatic N) is 3. The van der Waals surface area contributed by atoms with E-state index in [2.05, 4.69) is 4.99 Å². The number of carbonyl (C=O) groups is 1. The Labute approximate surface area is 173 Å². The molecule has 0 unspecified atom stereocenters. The molecule has 0 spiro atoms. The summed E-state index contributed by atoms with van der Waals surface area (Å²) in [5.74, 6) is -0.748. The van der Waals surface area contributed by atoms with Crippen molar-refractivity contribution in [3.05, 3.63) is 66.9 Å². The molecule has 0 fully saturated rings. The van der Waals surface area contributed by atoms with Crippen LogP contribution in [0, 0.1) is 10.1 Å². The summed E-state index contributed by atoms with van der Waals surface area (Å²) in [4.78, 5) is 27.9. The van der Waals surface area contributed by atoms with Gasteiger partial charge in [-0.1, -0.05) is 40.6 Å². The number of nitro groups is 1. The largest absolute Gasteiger partial charge is 0.380 e. The number of carbonyl (C=O) groups excluding carboxylic acids is 1. The third-order valence-corrected chi connectivity index (χ3v) is 5.48. The van der Waals surface area contributed by atoms with E-state index in [4.69, 9.17) is 27.9 Å². The summed E-state index contributed by atoms with van der Waals surface area (Å²) < 4.78 is 8.04. The number of benzene rings is 2. The fourth-order valence-corrected chi connectivity index (χ4v) is 4.25. The van der Waals surface area contributed by atoms with Crippen LogP contribution in [-0.4, -0.2) is 28.6 Å². The van der Waals surface area contributed by atoms with E-state index in [0.29, 0.717) is 29.6 Å². The van der Waals surface area contributed by atoms with Crippen LogP contribution in [0.15, 0.2) is 41.4 Å². The fraction of sp³-hybridized carbons (Fsp3) is 0.222. The van der Waals surface area contributed by atoms with Crippen molar-refractivity contribution >= 4 is 56.3 Å². The molecule has 3 rings (SSSR count). The first-order valence-corrected chi connectivity index (χ1v) is 9.88. The quantitative estimate of drug-likeness (QED) is 0.316. The average molecular weight is 440 g/mol. The van der Waals surface area contributed by atoms with Crippen molar-refractivity contribution in [2.75, 3.05) is 13.2 Å². The van der Waals surface area contributed by atoms with Crippen LogP contribution < -0.4 is 4.80 Å². The van der Waals surface area contributed by atoms with Crippen LogP contribution in [0.1, 0.15) is 17.3 Å². The molecule has 0 aliphatic rings. The Bertz CT molecular complexity index is 1120. The molecule has 0 atom stereocenters. The molecule has 146 valence electrons. The predicted octanol–water partition coefficient (Wildman–Crippen LogP) is 4.70. The molecule has 0 saturated carbocycles. The zero-order chi connectivity index (χ0) is 20.3. The number of nitro benzene ring substituents is 1. The minimum Gasteiger partial charge on any atom is -0.380 e. The van der Waals surface area contributed by atoms with Gasteiger partial charge in [0.25, 0.3) is 11.6 Å². The van der Waals surface area contributed by atoms with Crippen LogP contribution in [0.3, 0.4) is 0 Å². The first-order chi connectivity index (χ1) is 13.4. The maximum Gasteiger partial charge on any atom is 0.286 e. The standard InChI is InChI=1S/C18H15Cl2N3O4S/c1-2-27-9-8-22-16-13(20)4-3-5-15(16)28-18(22)21-17(24)12-10-11(19)6-7-14(12)23(25)26/h3-7,10H,2,8-9H2,1H3. The third kappa shape index (κ3) is 4.25. The molecule has 0 N–H and O–H groups in total. The second-order valence-electron chi connectivity index (χ2n) is 5.66. The Morgan fingerprint density at radius 2 is 2.11 bits per heavy atom. The molecule has 0 bridgehead atoms. The average Bonchev–Trinajstić information content (AvgIpc) is 3.00. The second kappa shape index (κ2) is 8.83. The van der Waals surface area contributed by atoms with Crippen molar-refractivity contribution in [2.45, 2.75) is 13.5 Å². The molecular formula is C18H15Cl2N3O4S. The topological polar surface area (TPSA) is 86.7 Å². The lowest BCUT2D eigenvalue weighted by Gasteiger charge is -2.06. The molecule has 3 aromatic rings. The molecule has 2 aromatic carbocycles. The van der Waals surface area contributed by atoms with E-state index >= 15 is 0 Å². The van der Waals surface area contributed by atoms with Gasteiger partial charge in [0.05, 0.1) is 26.8 Å². The Morgan fingerprint density at radius 1 is 1.32 bits per heavy atom. The summed E-state index contributed by atoms with van der Waals surface area (Å²) >= 11 is 13.5. The Balaban J connectivity index is 2.15. The maximum atomic E-state index is 12.7. The molecule has 10 heteroatoms. The molecule has 28 heavy (non-hydrogen) atoms. The number of ether oxygens (including phenoxy) is 1. The normalized spacial score (nSPS) is 11.9. The van der Waals surface area contributed by atoms with Gasteiger partial charge >= 0.3 is 0 Å². The van der Waals surface area contributed by atoms with Crippen molar-refractivity contribution < 1.29 is 14.5 Å². The van der Waals surface area contributed by atoms with Crippen LogP contribution in [0.25, 0.3) is 10.2 Å². The SMILES string of the molecule is CCOCCn1c(=NC(=O)c2cc(Cl)ccc2[N+](=O)[O-])sc2cccc(Cl)c21. The predicted molar refractivity (Wildman–Crippen MR) is 109 cm³/mol. The van der Waals surface area contributed by atoms with Gasteiger partial charge in [0, 0.05) is 24.2 Å². The van der Waals surface area contributed by atoms with E-state index in [1.54, 1.807) is 10.6 Å². The van der Waals surface area contributed by atoms with E-state index in [1.807, 2.05) is 19.1 Å². The smallest absolute Gasteiger partial charge is 0.286 e. The van der Waals surface area contributed by atoms with Crippen LogP contribution in [0.4, 0.5) is 5.69 Å². The number of amides is 1. The Hall–Kier alpha value is -2.26. The highest BCUT2D eigenvalue weighted by atomic mass is 35.5. The third-order valence-electron chi connectivity index (χ3n) is 3.90.